The Morgan fingerprint density at radius 1 is 0.566 bits per heavy atom. The highest BCUT2D eigenvalue weighted by Crippen LogP contribution is 2.44. The Hall–Kier alpha value is -4.09. The molecule has 0 saturated heterocycles. The van der Waals surface area contributed by atoms with Crippen molar-refractivity contribution in [2.24, 2.45) is 0 Å². The zero-order valence-corrected chi connectivity index (χ0v) is 33.2. The molecule has 2 saturated carbocycles. The van der Waals surface area contributed by atoms with Crippen molar-refractivity contribution in [3.8, 4) is 28.0 Å². The highest BCUT2D eigenvalue weighted by atomic mass is 32.3. The van der Waals surface area contributed by atoms with E-state index in [-0.39, 0.29) is 4.90 Å². The van der Waals surface area contributed by atoms with Crippen molar-refractivity contribution in [2.45, 2.75) is 107 Å². The summed E-state index contributed by atoms with van der Waals surface area (Å²) in [6.07, 6.45) is 6.79. The molecular weight excluding hydrogens is 729 g/mol. The zero-order chi connectivity index (χ0) is 38.4. The normalized spacial score (nSPS) is 15.8. The van der Waals surface area contributed by atoms with Crippen LogP contribution in [0.5, 0.6) is 5.75 Å². The molecule has 0 amide bonds. The van der Waals surface area contributed by atoms with Gasteiger partial charge in [0.25, 0.3) is 19.7 Å². The Kier molecular flexibility index (Phi) is 12.8. The Morgan fingerprint density at radius 3 is 1.34 bits per heavy atom. The van der Waals surface area contributed by atoms with Crippen LogP contribution in [0.2, 0.25) is 0 Å². The van der Waals surface area contributed by atoms with Gasteiger partial charge in [-0.15, -0.1) is 4.79 Å². The van der Waals surface area contributed by atoms with Crippen LogP contribution in [-0.2, 0) is 29.8 Å². The van der Waals surface area contributed by atoms with Crippen molar-refractivity contribution in [3.05, 3.63) is 113 Å². The maximum absolute atomic E-state index is 13.2. The van der Waals surface area contributed by atoms with Crippen LogP contribution in [0, 0.1) is 27.7 Å². The van der Waals surface area contributed by atoms with E-state index in [1.165, 1.54) is 0 Å². The first kappa shape index (κ1) is 40.1. The van der Waals surface area contributed by atoms with Gasteiger partial charge in [0.05, 0.1) is 10.5 Å². The second kappa shape index (κ2) is 16.9. The Morgan fingerprint density at radius 2 is 0.962 bits per heavy atom. The molecule has 2 aliphatic rings. The van der Waals surface area contributed by atoms with E-state index < -0.39 is 44.7 Å². The van der Waals surface area contributed by atoms with E-state index in [0.29, 0.717) is 31.4 Å². The predicted octanol–water partition coefficient (Wildman–Crippen LogP) is 9.09. The fourth-order valence-corrected chi connectivity index (χ4v) is 13.4. The monoisotopic (exact) mass is 776 g/mol. The summed E-state index contributed by atoms with van der Waals surface area (Å²) in [7, 11) is -12.1. The Bertz CT molecular complexity index is 2170. The minimum atomic E-state index is -4.07. The van der Waals surface area contributed by atoms with E-state index >= 15 is 0 Å². The average Bonchev–Trinajstić information content (AvgIpc) is 3.15. The summed E-state index contributed by atoms with van der Waals surface area (Å²) in [5.74, 6) is 0.383. The van der Waals surface area contributed by atoms with Crippen LogP contribution in [0.3, 0.4) is 0 Å². The van der Waals surface area contributed by atoms with Gasteiger partial charge in [0, 0.05) is 11.1 Å². The molecule has 6 rings (SSSR count). The topological polar surface area (TPSA) is 148 Å². The molecule has 282 valence electrons. The summed E-state index contributed by atoms with van der Waals surface area (Å²) in [6, 6.07) is 26.8. The van der Waals surface area contributed by atoms with Crippen molar-refractivity contribution < 1.29 is 34.2 Å². The highest BCUT2D eigenvalue weighted by molar-refractivity contribution is 8.31. The summed E-state index contributed by atoms with van der Waals surface area (Å²) in [5, 5.41) is -1.45. The quantitative estimate of drug-likeness (QED) is 0.0598. The van der Waals surface area contributed by atoms with Crippen LogP contribution in [-0.4, -0.2) is 44.9 Å². The molecule has 0 aromatic heterocycles. The molecule has 0 radical (unpaired) electrons. The molecule has 4 aromatic rings. The molecule has 0 atom stereocenters. The number of hydrogen-bond donors (Lipinski definition) is 0. The lowest BCUT2D eigenvalue weighted by molar-refractivity contribution is 0.00359. The lowest BCUT2D eigenvalue weighted by Gasteiger charge is -2.22. The number of aryl methyl sites for hydroxylation is 1. The summed E-state index contributed by atoms with van der Waals surface area (Å²) >= 11 is 0. The van der Waals surface area contributed by atoms with E-state index in [0.717, 1.165) is 83.0 Å². The van der Waals surface area contributed by atoms with Gasteiger partial charge in [0.2, 0.25) is 0 Å². The Labute approximate surface area is 315 Å². The van der Waals surface area contributed by atoms with Gasteiger partial charge in [-0.2, -0.15) is 8.42 Å². The van der Waals surface area contributed by atoms with Crippen LogP contribution >= 0.6 is 0 Å². The van der Waals surface area contributed by atoms with Crippen molar-refractivity contribution >= 4 is 34.2 Å². The van der Waals surface area contributed by atoms with Gasteiger partial charge in [-0.1, -0.05) is 117 Å². The summed E-state index contributed by atoms with van der Waals surface area (Å²) in [5.41, 5.74) is 16.8. The zero-order valence-electron chi connectivity index (χ0n) is 30.8. The van der Waals surface area contributed by atoms with Gasteiger partial charge in [-0.25, -0.2) is 16.8 Å². The van der Waals surface area contributed by atoms with Crippen LogP contribution in [0.15, 0.2) is 89.8 Å². The van der Waals surface area contributed by atoms with Crippen molar-refractivity contribution in [3.63, 3.8) is 0 Å². The van der Waals surface area contributed by atoms with Crippen molar-refractivity contribution in [2.75, 3.05) is 0 Å². The van der Waals surface area contributed by atoms with E-state index in [9.17, 15) is 25.3 Å². The second-order valence-electron chi connectivity index (χ2n) is 14.0. The SMILES string of the molecule is Cc1ccc(S(=O)(=O)Oc2c(C)c(-c3ccccc3)c(C)c(-c3ccccc3)c2C)cc1.[N-]=[N+]=C(S(=O)(=O)C1CCCCC1)S(=O)(=O)C1CCCCC1. The van der Waals surface area contributed by atoms with Gasteiger partial charge in [-0.3, -0.25) is 0 Å². The third-order valence-corrected chi connectivity index (χ3v) is 16.8. The van der Waals surface area contributed by atoms with E-state index in [1.807, 2.05) is 81.4 Å². The minimum Gasteiger partial charge on any atom is -0.378 e. The Balaban J connectivity index is 0.000000224. The van der Waals surface area contributed by atoms with Crippen molar-refractivity contribution in [1.82, 2.24) is 0 Å². The molecule has 0 heterocycles. The second-order valence-corrected chi connectivity index (χ2v) is 20.1. The van der Waals surface area contributed by atoms with Gasteiger partial charge in [0.1, 0.15) is 10.6 Å². The molecule has 0 aliphatic heterocycles. The molecule has 0 N–H and O–H groups in total. The minimum absolute atomic E-state index is 0.144. The molecule has 4 aromatic carbocycles. The van der Waals surface area contributed by atoms with E-state index in [2.05, 4.69) is 11.7 Å². The molecule has 12 heteroatoms. The molecule has 53 heavy (non-hydrogen) atoms. The predicted molar refractivity (Wildman–Crippen MR) is 211 cm³/mol. The molecule has 2 fully saturated rings. The summed E-state index contributed by atoms with van der Waals surface area (Å²) < 4.78 is 81.3. The summed E-state index contributed by atoms with van der Waals surface area (Å²) in [4.78, 5) is 2.87. The molecule has 9 nitrogen and oxygen atoms in total. The van der Waals surface area contributed by atoms with E-state index in [1.54, 1.807) is 24.3 Å². The third-order valence-electron chi connectivity index (χ3n) is 10.4. The number of sulfone groups is 2. The van der Waals surface area contributed by atoms with E-state index in [4.69, 9.17) is 9.71 Å². The van der Waals surface area contributed by atoms with Crippen LogP contribution in [0.4, 0.5) is 0 Å². The van der Waals surface area contributed by atoms with Gasteiger partial charge >= 0.3 is 14.5 Å². The van der Waals surface area contributed by atoms with Crippen LogP contribution in [0.25, 0.3) is 27.8 Å². The third kappa shape index (κ3) is 8.83. The first-order chi connectivity index (χ1) is 25.2. The lowest BCUT2D eigenvalue weighted by atomic mass is 9.85. The maximum Gasteiger partial charge on any atom is 0.495 e. The van der Waals surface area contributed by atoms with Gasteiger partial charge in [-0.05, 0) is 93.3 Å². The summed E-state index contributed by atoms with van der Waals surface area (Å²) in [6.45, 7) is 7.86. The number of benzene rings is 4. The first-order valence-electron chi connectivity index (χ1n) is 18.2. The lowest BCUT2D eigenvalue weighted by Crippen LogP contribution is -2.40. The standard InChI is InChI=1S/C28H26O3S.C13H22N2O4S2/c1-19-15-17-25(18-16-19)32(29,30)31-28-21(3)26(23-11-7-5-8-12-23)20(2)27(22(28)4)24-13-9-6-10-14-24;14-15-13(20(16,17)11-7-3-1-4-8-11)21(18,19)12-9-5-2-6-10-12/h5-18H,1-4H3;11-12H,1-10H2. The maximum atomic E-state index is 13.2. The fraction of sp³-hybridized carbons (Fsp3) is 0.390. The van der Waals surface area contributed by atoms with Crippen molar-refractivity contribution in [1.29, 1.82) is 0 Å². The fourth-order valence-electron chi connectivity index (χ4n) is 7.57. The number of rotatable bonds is 7. The first-order valence-corrected chi connectivity index (χ1v) is 22.7. The largest absolute Gasteiger partial charge is 0.495 e. The molecule has 0 bridgehead atoms. The molecule has 0 spiro atoms. The molecule has 0 unspecified atom stereocenters. The number of hydrogen-bond acceptors (Lipinski definition) is 7. The average molecular weight is 777 g/mol. The van der Waals surface area contributed by atoms with Crippen LogP contribution < -0.4 is 4.18 Å². The van der Waals surface area contributed by atoms with Crippen LogP contribution in [0.1, 0.15) is 86.5 Å². The molecular formula is C41H48N2O7S3. The smallest absolute Gasteiger partial charge is 0.378 e. The molecule has 2 aliphatic carbocycles. The highest BCUT2D eigenvalue weighted by Gasteiger charge is 2.50. The van der Waals surface area contributed by atoms with Gasteiger partial charge in [0.15, 0.2) is 0 Å². The van der Waals surface area contributed by atoms with Gasteiger partial charge < -0.3 is 9.71 Å². The number of nitrogens with zero attached hydrogens (tertiary/aromatic N) is 2.